The van der Waals surface area contributed by atoms with Crippen molar-refractivity contribution < 1.29 is 14.3 Å². The molecule has 7 heteroatoms. The lowest BCUT2D eigenvalue weighted by Crippen LogP contribution is -2.24. The standard InChI is InChI=1S/C25H24N2O4S/c1-14-6-7-17(10-15(14)2)22-16(3)32-24-23(22)25(29)27(13-26-24)12-20(28)19-9-8-18(30-4)11-21(19)31-5/h6-11,13H,12H2,1-5H3. The summed E-state index contributed by atoms with van der Waals surface area (Å²) in [7, 11) is 3.04. The average molecular weight is 449 g/mol. The van der Waals surface area contributed by atoms with Gasteiger partial charge in [0.25, 0.3) is 5.56 Å². The predicted molar refractivity (Wildman–Crippen MR) is 127 cm³/mol. The summed E-state index contributed by atoms with van der Waals surface area (Å²) in [4.78, 5) is 32.6. The van der Waals surface area contributed by atoms with E-state index >= 15 is 0 Å². The van der Waals surface area contributed by atoms with Crippen LogP contribution in [-0.2, 0) is 6.54 Å². The third kappa shape index (κ3) is 3.80. The van der Waals surface area contributed by atoms with Gasteiger partial charge in [0.15, 0.2) is 5.78 Å². The van der Waals surface area contributed by atoms with E-state index in [1.54, 1.807) is 25.3 Å². The van der Waals surface area contributed by atoms with Gasteiger partial charge in [-0.1, -0.05) is 18.2 Å². The lowest BCUT2D eigenvalue weighted by molar-refractivity contribution is 0.0967. The zero-order chi connectivity index (χ0) is 23.0. The Morgan fingerprint density at radius 2 is 1.81 bits per heavy atom. The van der Waals surface area contributed by atoms with Gasteiger partial charge in [-0.3, -0.25) is 14.2 Å². The van der Waals surface area contributed by atoms with Gasteiger partial charge >= 0.3 is 0 Å². The highest BCUT2D eigenvalue weighted by molar-refractivity contribution is 7.19. The molecule has 0 aliphatic carbocycles. The van der Waals surface area contributed by atoms with Crippen molar-refractivity contribution >= 4 is 27.3 Å². The van der Waals surface area contributed by atoms with Crippen LogP contribution in [0.25, 0.3) is 21.3 Å². The number of hydrogen-bond donors (Lipinski definition) is 0. The molecular weight excluding hydrogens is 424 g/mol. The van der Waals surface area contributed by atoms with Crippen LogP contribution in [0.4, 0.5) is 0 Å². The largest absolute Gasteiger partial charge is 0.497 e. The molecule has 2 aromatic carbocycles. The number of thiophene rings is 1. The van der Waals surface area contributed by atoms with Crippen molar-refractivity contribution in [3.63, 3.8) is 0 Å². The van der Waals surface area contributed by atoms with Crippen molar-refractivity contribution in [3.8, 4) is 22.6 Å². The Hall–Kier alpha value is -3.45. The minimum absolute atomic E-state index is 0.133. The highest BCUT2D eigenvalue weighted by atomic mass is 32.1. The third-order valence-corrected chi connectivity index (χ3v) is 6.69. The van der Waals surface area contributed by atoms with Crippen molar-refractivity contribution in [1.29, 1.82) is 0 Å². The van der Waals surface area contributed by atoms with Gasteiger partial charge in [-0.05, 0) is 49.6 Å². The number of hydrogen-bond acceptors (Lipinski definition) is 6. The maximum atomic E-state index is 13.4. The topological polar surface area (TPSA) is 70.4 Å². The highest BCUT2D eigenvalue weighted by Crippen LogP contribution is 2.36. The fraction of sp³-hybridized carbons (Fsp3) is 0.240. The monoisotopic (exact) mass is 448 g/mol. The number of carbonyl (C=O) groups is 1. The Morgan fingerprint density at radius 3 is 2.50 bits per heavy atom. The molecule has 0 aliphatic rings. The molecule has 0 saturated carbocycles. The number of carbonyl (C=O) groups excluding carboxylic acids is 1. The third-order valence-electron chi connectivity index (χ3n) is 5.67. The number of methoxy groups -OCH3 is 2. The van der Waals surface area contributed by atoms with Gasteiger partial charge in [-0.2, -0.15) is 0 Å². The molecule has 2 aromatic heterocycles. The molecule has 0 radical (unpaired) electrons. The van der Waals surface area contributed by atoms with Gasteiger partial charge in [-0.25, -0.2) is 4.98 Å². The van der Waals surface area contributed by atoms with E-state index in [0.29, 0.717) is 27.3 Å². The molecule has 0 spiro atoms. The van der Waals surface area contributed by atoms with Crippen LogP contribution in [0.5, 0.6) is 11.5 Å². The molecule has 0 unspecified atom stereocenters. The zero-order valence-electron chi connectivity index (χ0n) is 18.7. The molecule has 0 fully saturated rings. The molecular formula is C25H24N2O4S. The molecule has 6 nitrogen and oxygen atoms in total. The Morgan fingerprint density at radius 1 is 1.03 bits per heavy atom. The Kier molecular flexibility index (Phi) is 5.84. The van der Waals surface area contributed by atoms with E-state index in [1.165, 1.54) is 34.9 Å². The van der Waals surface area contributed by atoms with Crippen LogP contribution in [0.2, 0.25) is 0 Å². The van der Waals surface area contributed by atoms with E-state index in [2.05, 4.69) is 31.0 Å². The molecule has 0 atom stereocenters. The first-order valence-corrected chi connectivity index (χ1v) is 11.0. The lowest BCUT2D eigenvalue weighted by atomic mass is 9.99. The molecule has 0 N–H and O–H groups in total. The number of Topliss-reactive ketones (excluding diaryl/α,β-unsaturated/α-hetero) is 1. The number of ether oxygens (including phenoxy) is 2. The SMILES string of the molecule is COc1ccc(C(=O)Cn2cnc3sc(C)c(-c4ccc(C)c(C)c4)c3c2=O)c(OC)c1. The normalized spacial score (nSPS) is 11.0. The van der Waals surface area contributed by atoms with Crippen molar-refractivity contribution in [1.82, 2.24) is 9.55 Å². The van der Waals surface area contributed by atoms with Crippen LogP contribution in [0.3, 0.4) is 0 Å². The summed E-state index contributed by atoms with van der Waals surface area (Å²) >= 11 is 1.49. The maximum absolute atomic E-state index is 13.4. The molecule has 32 heavy (non-hydrogen) atoms. The Labute approximate surface area is 190 Å². The number of fused-ring (bicyclic) bond motifs is 1. The van der Waals surface area contributed by atoms with Gasteiger partial charge in [0.2, 0.25) is 0 Å². The summed E-state index contributed by atoms with van der Waals surface area (Å²) in [5.41, 5.74) is 4.38. The summed E-state index contributed by atoms with van der Waals surface area (Å²) in [6.45, 7) is 5.98. The van der Waals surface area contributed by atoms with Crippen molar-refractivity contribution in [2.45, 2.75) is 27.3 Å². The smallest absolute Gasteiger partial charge is 0.263 e. The number of nitrogens with zero attached hydrogens (tertiary/aromatic N) is 2. The van der Waals surface area contributed by atoms with Crippen molar-refractivity contribution in [2.75, 3.05) is 14.2 Å². The van der Waals surface area contributed by atoms with Crippen LogP contribution in [0.1, 0.15) is 26.4 Å². The number of ketones is 1. The van der Waals surface area contributed by atoms with Crippen molar-refractivity contribution in [2.24, 2.45) is 0 Å². The zero-order valence-corrected chi connectivity index (χ0v) is 19.5. The van der Waals surface area contributed by atoms with Gasteiger partial charge < -0.3 is 9.47 Å². The van der Waals surface area contributed by atoms with Crippen LogP contribution in [0.15, 0.2) is 47.5 Å². The van der Waals surface area contributed by atoms with Crippen LogP contribution >= 0.6 is 11.3 Å². The number of rotatable bonds is 6. The van der Waals surface area contributed by atoms with Gasteiger partial charge in [0.1, 0.15) is 16.3 Å². The van der Waals surface area contributed by atoms with Gasteiger partial charge in [-0.15, -0.1) is 11.3 Å². The minimum Gasteiger partial charge on any atom is -0.497 e. The van der Waals surface area contributed by atoms with Gasteiger partial charge in [0, 0.05) is 16.5 Å². The fourth-order valence-corrected chi connectivity index (χ4v) is 4.77. The molecule has 4 aromatic rings. The number of benzene rings is 2. The summed E-state index contributed by atoms with van der Waals surface area (Å²) in [5, 5.41) is 0.549. The first-order valence-electron chi connectivity index (χ1n) is 10.2. The van der Waals surface area contributed by atoms with Crippen molar-refractivity contribution in [3.05, 3.63) is 74.6 Å². The van der Waals surface area contributed by atoms with Gasteiger partial charge in [0.05, 0.1) is 38.0 Å². The lowest BCUT2D eigenvalue weighted by Gasteiger charge is -2.11. The molecule has 4 rings (SSSR count). The predicted octanol–water partition coefficient (Wildman–Crippen LogP) is 4.95. The van der Waals surface area contributed by atoms with E-state index in [0.717, 1.165) is 21.6 Å². The highest BCUT2D eigenvalue weighted by Gasteiger charge is 2.20. The molecule has 0 aliphatic heterocycles. The Balaban J connectivity index is 1.78. The van der Waals surface area contributed by atoms with E-state index < -0.39 is 0 Å². The molecule has 0 amide bonds. The first kappa shape index (κ1) is 21.8. The second-order valence-electron chi connectivity index (χ2n) is 7.68. The second-order valence-corrected chi connectivity index (χ2v) is 8.88. The van der Waals surface area contributed by atoms with E-state index in [4.69, 9.17) is 9.47 Å². The van der Waals surface area contributed by atoms with E-state index in [9.17, 15) is 9.59 Å². The average Bonchev–Trinajstić information content (AvgIpc) is 3.13. The quantitative estimate of drug-likeness (QED) is 0.390. The minimum atomic E-state index is -0.243. The van der Waals surface area contributed by atoms with Crippen LogP contribution in [0, 0.1) is 20.8 Å². The second kappa shape index (κ2) is 8.59. The first-order chi connectivity index (χ1) is 15.3. The maximum Gasteiger partial charge on any atom is 0.263 e. The van der Waals surface area contributed by atoms with E-state index in [1.807, 2.05) is 13.0 Å². The van der Waals surface area contributed by atoms with Crippen LogP contribution < -0.4 is 15.0 Å². The molecule has 2 heterocycles. The van der Waals surface area contributed by atoms with Crippen LogP contribution in [-0.4, -0.2) is 29.6 Å². The summed E-state index contributed by atoms with van der Waals surface area (Å²) in [5.74, 6) is 0.747. The summed E-state index contributed by atoms with van der Waals surface area (Å²) in [6.07, 6.45) is 1.44. The van der Waals surface area contributed by atoms with E-state index in [-0.39, 0.29) is 17.9 Å². The summed E-state index contributed by atoms with van der Waals surface area (Å²) < 4.78 is 11.9. The Bertz CT molecular complexity index is 1400. The molecule has 0 bridgehead atoms. The molecule has 0 saturated heterocycles. The number of aromatic nitrogens is 2. The summed E-state index contributed by atoms with van der Waals surface area (Å²) in [6, 6.07) is 11.2. The fourth-order valence-electron chi connectivity index (χ4n) is 3.76. The molecule has 164 valence electrons. The number of aryl methyl sites for hydroxylation is 3.